The molecule has 1 aromatic heterocycles. The number of aromatic nitrogens is 2. The molecule has 1 atom stereocenters. The molecule has 0 saturated heterocycles. The van der Waals surface area contributed by atoms with Gasteiger partial charge in [-0.3, -0.25) is 10.1 Å². The molecule has 6 heteroatoms. The summed E-state index contributed by atoms with van der Waals surface area (Å²) in [5.41, 5.74) is 6.84. The lowest BCUT2D eigenvalue weighted by atomic mass is 10.3. The van der Waals surface area contributed by atoms with Gasteiger partial charge in [0.2, 0.25) is 11.0 Å². The van der Waals surface area contributed by atoms with Crippen molar-refractivity contribution in [1.82, 2.24) is 10.2 Å². The Morgan fingerprint density at radius 2 is 2.64 bits per heavy atom. The average molecular weight is 172 g/mol. The zero-order valence-electron chi connectivity index (χ0n) is 5.94. The van der Waals surface area contributed by atoms with E-state index in [1.807, 2.05) is 0 Å². The summed E-state index contributed by atoms with van der Waals surface area (Å²) in [6.45, 7) is 1.61. The summed E-state index contributed by atoms with van der Waals surface area (Å²) in [5, 5.41) is 10.1. The number of hydrogen-bond acceptors (Lipinski definition) is 5. The molecule has 1 heterocycles. The van der Waals surface area contributed by atoms with Gasteiger partial charge in [0.15, 0.2) is 0 Å². The van der Waals surface area contributed by atoms with Crippen molar-refractivity contribution < 1.29 is 4.79 Å². The van der Waals surface area contributed by atoms with E-state index in [1.54, 1.807) is 6.92 Å². The molecule has 3 N–H and O–H groups in total. The number of rotatable bonds is 2. The van der Waals surface area contributed by atoms with Gasteiger partial charge in [-0.15, -0.1) is 10.2 Å². The Balaban J connectivity index is 2.50. The van der Waals surface area contributed by atoms with Crippen molar-refractivity contribution in [3.63, 3.8) is 0 Å². The largest absolute Gasteiger partial charge is 0.320 e. The second kappa shape index (κ2) is 3.40. The minimum Gasteiger partial charge on any atom is -0.320 e. The first kappa shape index (κ1) is 8.09. The highest BCUT2D eigenvalue weighted by Crippen LogP contribution is 2.07. The molecule has 11 heavy (non-hydrogen) atoms. The third-order valence-corrected chi connectivity index (χ3v) is 1.61. The summed E-state index contributed by atoms with van der Waals surface area (Å²) in [4.78, 5) is 10.9. The lowest BCUT2D eigenvalue weighted by molar-refractivity contribution is -0.117. The molecule has 1 unspecified atom stereocenters. The second-order valence-corrected chi connectivity index (χ2v) is 2.86. The molecular weight excluding hydrogens is 164 g/mol. The molecular formula is C5H8N4OS. The lowest BCUT2D eigenvalue weighted by Gasteiger charge is -2.02. The number of carbonyl (C=O) groups excluding carboxylic acids is 1. The van der Waals surface area contributed by atoms with E-state index in [4.69, 9.17) is 5.73 Å². The standard InChI is InChI=1S/C5H8N4OS/c1-3(6)4(10)8-5-9-7-2-11-5/h2-3H,6H2,1H3,(H,8,9,10). The van der Waals surface area contributed by atoms with Crippen LogP contribution < -0.4 is 11.1 Å². The van der Waals surface area contributed by atoms with Gasteiger partial charge < -0.3 is 5.73 Å². The average Bonchev–Trinajstić information content (AvgIpc) is 2.39. The van der Waals surface area contributed by atoms with E-state index < -0.39 is 6.04 Å². The molecule has 1 aromatic rings. The molecule has 1 amide bonds. The fraction of sp³-hybridized carbons (Fsp3) is 0.400. The SMILES string of the molecule is CC(N)C(=O)Nc1nncs1. The van der Waals surface area contributed by atoms with Gasteiger partial charge in [0.05, 0.1) is 6.04 Å². The predicted molar refractivity (Wildman–Crippen MR) is 42.2 cm³/mol. The maximum absolute atomic E-state index is 10.9. The van der Waals surface area contributed by atoms with Crippen LogP contribution in [0.4, 0.5) is 5.13 Å². The Morgan fingerprint density at radius 1 is 1.91 bits per heavy atom. The molecule has 5 nitrogen and oxygen atoms in total. The number of amides is 1. The highest BCUT2D eigenvalue weighted by molar-refractivity contribution is 7.13. The van der Waals surface area contributed by atoms with Crippen LogP contribution in [-0.2, 0) is 4.79 Å². The smallest absolute Gasteiger partial charge is 0.242 e. The van der Waals surface area contributed by atoms with Gasteiger partial charge in [0.1, 0.15) is 5.51 Å². The zero-order valence-corrected chi connectivity index (χ0v) is 6.76. The van der Waals surface area contributed by atoms with Crippen LogP contribution in [0.15, 0.2) is 5.51 Å². The quantitative estimate of drug-likeness (QED) is 0.648. The van der Waals surface area contributed by atoms with Crippen LogP contribution in [0.1, 0.15) is 6.92 Å². The number of nitrogens with one attached hydrogen (secondary N) is 1. The maximum atomic E-state index is 10.9. The fourth-order valence-electron chi connectivity index (χ4n) is 0.447. The number of nitrogens with zero attached hydrogens (tertiary/aromatic N) is 2. The van der Waals surface area contributed by atoms with Crippen LogP contribution in [0.25, 0.3) is 0 Å². The Bertz CT molecular complexity index is 233. The molecule has 0 aliphatic carbocycles. The van der Waals surface area contributed by atoms with Gasteiger partial charge in [0, 0.05) is 0 Å². The molecule has 1 rings (SSSR count). The van der Waals surface area contributed by atoms with Gasteiger partial charge >= 0.3 is 0 Å². The van der Waals surface area contributed by atoms with Crippen LogP contribution in [0.2, 0.25) is 0 Å². The molecule has 60 valence electrons. The van der Waals surface area contributed by atoms with Gasteiger partial charge in [-0.1, -0.05) is 11.3 Å². The van der Waals surface area contributed by atoms with E-state index in [0.717, 1.165) is 0 Å². The molecule has 0 saturated carbocycles. The Hall–Kier alpha value is -1.01. The highest BCUT2D eigenvalue weighted by atomic mass is 32.1. The van der Waals surface area contributed by atoms with Crippen molar-refractivity contribution in [1.29, 1.82) is 0 Å². The molecule has 0 aliphatic rings. The summed E-state index contributed by atoms with van der Waals surface area (Å²) < 4.78 is 0. The van der Waals surface area contributed by atoms with Gasteiger partial charge in [0.25, 0.3) is 0 Å². The fourth-order valence-corrected chi connectivity index (χ4v) is 0.895. The molecule has 0 spiro atoms. The van der Waals surface area contributed by atoms with E-state index in [-0.39, 0.29) is 5.91 Å². The van der Waals surface area contributed by atoms with Crippen molar-refractivity contribution in [3.05, 3.63) is 5.51 Å². The number of anilines is 1. The predicted octanol–water partition coefficient (Wildman–Crippen LogP) is -0.176. The first-order valence-electron chi connectivity index (χ1n) is 3.03. The van der Waals surface area contributed by atoms with E-state index in [0.29, 0.717) is 5.13 Å². The van der Waals surface area contributed by atoms with Crippen LogP contribution in [0.5, 0.6) is 0 Å². The van der Waals surface area contributed by atoms with Crippen LogP contribution >= 0.6 is 11.3 Å². The van der Waals surface area contributed by atoms with Gasteiger partial charge in [-0.25, -0.2) is 0 Å². The second-order valence-electron chi connectivity index (χ2n) is 2.02. The van der Waals surface area contributed by atoms with Gasteiger partial charge in [-0.05, 0) is 6.92 Å². The molecule has 0 aromatic carbocycles. The van der Waals surface area contributed by atoms with Crippen molar-refractivity contribution in [2.24, 2.45) is 5.73 Å². The molecule has 0 radical (unpaired) electrons. The highest BCUT2D eigenvalue weighted by Gasteiger charge is 2.08. The monoisotopic (exact) mass is 172 g/mol. The van der Waals surface area contributed by atoms with E-state index in [1.165, 1.54) is 16.8 Å². The first-order chi connectivity index (χ1) is 5.20. The van der Waals surface area contributed by atoms with Crippen molar-refractivity contribution in [2.75, 3.05) is 5.32 Å². The van der Waals surface area contributed by atoms with Crippen molar-refractivity contribution >= 4 is 22.4 Å². The maximum Gasteiger partial charge on any atom is 0.242 e. The minimum atomic E-state index is -0.515. The minimum absolute atomic E-state index is 0.248. The molecule has 0 fully saturated rings. The van der Waals surface area contributed by atoms with E-state index >= 15 is 0 Å². The van der Waals surface area contributed by atoms with E-state index in [9.17, 15) is 4.79 Å². The van der Waals surface area contributed by atoms with Crippen LogP contribution in [0, 0.1) is 0 Å². The summed E-state index contributed by atoms with van der Waals surface area (Å²) in [6.07, 6.45) is 0. The third kappa shape index (κ3) is 2.24. The summed E-state index contributed by atoms with van der Waals surface area (Å²) in [7, 11) is 0. The Morgan fingerprint density at radius 3 is 3.09 bits per heavy atom. The number of nitrogens with two attached hydrogens (primary N) is 1. The van der Waals surface area contributed by atoms with E-state index in [2.05, 4.69) is 15.5 Å². The third-order valence-electron chi connectivity index (χ3n) is 1.00. The number of hydrogen-bond donors (Lipinski definition) is 2. The Kier molecular flexibility index (Phi) is 2.50. The van der Waals surface area contributed by atoms with Crippen molar-refractivity contribution in [2.45, 2.75) is 13.0 Å². The lowest BCUT2D eigenvalue weighted by Crippen LogP contribution is -2.32. The molecule has 0 bridgehead atoms. The number of carbonyl (C=O) groups is 1. The molecule has 0 aliphatic heterocycles. The first-order valence-corrected chi connectivity index (χ1v) is 3.90. The summed E-state index contributed by atoms with van der Waals surface area (Å²) in [6, 6.07) is -0.515. The van der Waals surface area contributed by atoms with Crippen LogP contribution in [-0.4, -0.2) is 22.1 Å². The topological polar surface area (TPSA) is 80.9 Å². The summed E-state index contributed by atoms with van der Waals surface area (Å²) in [5.74, 6) is -0.248. The van der Waals surface area contributed by atoms with Crippen LogP contribution in [0.3, 0.4) is 0 Å². The summed E-state index contributed by atoms with van der Waals surface area (Å²) >= 11 is 1.26. The van der Waals surface area contributed by atoms with Crippen molar-refractivity contribution in [3.8, 4) is 0 Å². The Labute approximate surface area is 67.6 Å². The normalized spacial score (nSPS) is 12.5. The zero-order chi connectivity index (χ0) is 8.27. The van der Waals surface area contributed by atoms with Gasteiger partial charge in [-0.2, -0.15) is 0 Å².